The summed E-state index contributed by atoms with van der Waals surface area (Å²) < 4.78 is 35.5. The Morgan fingerprint density at radius 2 is 1.87 bits per heavy atom. The molecule has 130 valence electrons. The molecule has 0 radical (unpaired) electrons. The summed E-state index contributed by atoms with van der Waals surface area (Å²) in [5.41, 5.74) is -0.789. The number of carbonyl (C=O) groups is 1. The van der Waals surface area contributed by atoms with Gasteiger partial charge >= 0.3 is 6.09 Å². The highest BCUT2D eigenvalue weighted by Crippen LogP contribution is 2.10. The average Bonchev–Trinajstić information content (AvgIpc) is 2.41. The number of carbonyl (C=O) groups excluding carboxylic acids is 1. The number of amides is 1. The molecule has 0 aromatic heterocycles. The van der Waals surface area contributed by atoms with E-state index in [1.54, 1.807) is 49.8 Å². The van der Waals surface area contributed by atoms with Crippen molar-refractivity contribution in [3.8, 4) is 5.75 Å². The zero-order valence-electron chi connectivity index (χ0n) is 13.5. The second-order valence-corrected chi connectivity index (χ2v) is 7.83. The Hall–Kier alpha value is -1.80. The van der Waals surface area contributed by atoms with Gasteiger partial charge in [-0.3, -0.25) is 0 Å². The Kier molecular flexibility index (Phi) is 6.83. The summed E-state index contributed by atoms with van der Waals surface area (Å²) in [6, 6.07) is 8.87. The second-order valence-electron chi connectivity index (χ2n) is 5.99. The van der Waals surface area contributed by atoms with Crippen molar-refractivity contribution in [2.24, 2.45) is 0 Å². The third-order valence-electron chi connectivity index (χ3n) is 2.54. The van der Waals surface area contributed by atoms with E-state index in [1.807, 2.05) is 6.07 Å². The molecule has 1 aromatic carbocycles. The summed E-state index contributed by atoms with van der Waals surface area (Å²) in [6.07, 6.45) is -2.07. The van der Waals surface area contributed by atoms with Crippen LogP contribution in [0.15, 0.2) is 30.3 Å². The normalized spacial score (nSPS) is 13.2. The van der Waals surface area contributed by atoms with Crippen molar-refractivity contribution in [3.05, 3.63) is 30.3 Å². The fourth-order valence-electron chi connectivity index (χ4n) is 1.56. The van der Waals surface area contributed by atoms with Crippen molar-refractivity contribution < 1.29 is 27.8 Å². The zero-order valence-corrected chi connectivity index (χ0v) is 14.3. The van der Waals surface area contributed by atoms with Gasteiger partial charge in [-0.1, -0.05) is 18.2 Å². The minimum Gasteiger partial charge on any atom is -0.491 e. The van der Waals surface area contributed by atoms with Crippen LogP contribution in [-0.2, 0) is 14.8 Å². The zero-order chi connectivity index (χ0) is 17.5. The highest BCUT2D eigenvalue weighted by molar-refractivity contribution is 7.90. The number of aliphatic hydroxyl groups excluding tert-OH is 1. The number of sulfonamides is 1. The number of nitrogens with one attached hydrogen (secondary N) is 1. The molecule has 7 nitrogen and oxygen atoms in total. The molecule has 0 aliphatic carbocycles. The predicted octanol–water partition coefficient (Wildman–Crippen LogP) is 1.67. The van der Waals surface area contributed by atoms with Crippen LogP contribution in [0.4, 0.5) is 4.79 Å². The molecule has 0 spiro atoms. The quantitative estimate of drug-likeness (QED) is 0.779. The lowest BCUT2D eigenvalue weighted by molar-refractivity contribution is 0.0569. The van der Waals surface area contributed by atoms with Gasteiger partial charge in [0.1, 0.15) is 18.0 Å². The van der Waals surface area contributed by atoms with E-state index in [4.69, 9.17) is 9.47 Å². The highest BCUT2D eigenvalue weighted by Gasteiger charge is 2.22. The first-order chi connectivity index (χ1) is 10.6. The maximum Gasteiger partial charge on any atom is 0.421 e. The highest BCUT2D eigenvalue weighted by atomic mass is 32.2. The Morgan fingerprint density at radius 1 is 1.26 bits per heavy atom. The number of hydrogen-bond donors (Lipinski definition) is 2. The molecule has 1 rings (SSSR count). The third-order valence-corrected chi connectivity index (χ3v) is 3.79. The monoisotopic (exact) mass is 345 g/mol. The lowest BCUT2D eigenvalue weighted by Crippen LogP contribution is -2.38. The number of ether oxygens (including phenoxy) is 2. The Morgan fingerprint density at radius 3 is 2.43 bits per heavy atom. The summed E-state index contributed by atoms with van der Waals surface area (Å²) in [4.78, 5) is 11.4. The van der Waals surface area contributed by atoms with E-state index >= 15 is 0 Å². The maximum atomic E-state index is 11.7. The van der Waals surface area contributed by atoms with Gasteiger partial charge in [0.2, 0.25) is 10.0 Å². The molecule has 8 heteroatoms. The van der Waals surface area contributed by atoms with E-state index in [2.05, 4.69) is 0 Å². The van der Waals surface area contributed by atoms with E-state index < -0.39 is 33.6 Å². The number of hydrogen-bond acceptors (Lipinski definition) is 6. The molecule has 0 heterocycles. The SMILES string of the molecule is CC(C)(C)OC(=O)NS(=O)(=O)CCC(O)COc1ccccc1. The molecular weight excluding hydrogens is 322 g/mol. The van der Waals surface area contributed by atoms with Crippen molar-refractivity contribution in [2.75, 3.05) is 12.4 Å². The summed E-state index contributed by atoms with van der Waals surface area (Å²) in [6.45, 7) is 4.85. The lowest BCUT2D eigenvalue weighted by atomic mass is 10.2. The summed E-state index contributed by atoms with van der Waals surface area (Å²) in [5, 5.41) is 9.76. The van der Waals surface area contributed by atoms with E-state index in [1.165, 1.54) is 0 Å². The first-order valence-electron chi connectivity index (χ1n) is 7.17. The number of benzene rings is 1. The molecule has 1 unspecified atom stereocenters. The van der Waals surface area contributed by atoms with Crippen LogP contribution in [0.1, 0.15) is 27.2 Å². The molecule has 1 aromatic rings. The summed E-state index contributed by atoms with van der Waals surface area (Å²) in [7, 11) is -3.87. The minimum atomic E-state index is -3.87. The smallest absolute Gasteiger partial charge is 0.421 e. The number of para-hydroxylation sites is 1. The second kappa shape index (κ2) is 8.16. The van der Waals surface area contributed by atoms with Crippen molar-refractivity contribution >= 4 is 16.1 Å². The molecule has 0 fully saturated rings. The van der Waals surface area contributed by atoms with Gasteiger partial charge in [-0.2, -0.15) is 0 Å². The van der Waals surface area contributed by atoms with E-state index in [0.29, 0.717) is 5.75 Å². The molecule has 1 amide bonds. The topological polar surface area (TPSA) is 102 Å². The van der Waals surface area contributed by atoms with Crippen molar-refractivity contribution in [1.82, 2.24) is 4.72 Å². The first-order valence-corrected chi connectivity index (χ1v) is 8.82. The molecule has 1 atom stereocenters. The molecule has 23 heavy (non-hydrogen) atoms. The van der Waals surface area contributed by atoms with Crippen molar-refractivity contribution in [2.45, 2.75) is 38.9 Å². The van der Waals surface area contributed by atoms with Gasteiger partial charge in [-0.25, -0.2) is 17.9 Å². The van der Waals surface area contributed by atoms with Crippen LogP contribution < -0.4 is 9.46 Å². The van der Waals surface area contributed by atoms with Gasteiger partial charge in [-0.15, -0.1) is 0 Å². The largest absolute Gasteiger partial charge is 0.491 e. The lowest BCUT2D eigenvalue weighted by Gasteiger charge is -2.19. The molecule has 0 saturated carbocycles. The van der Waals surface area contributed by atoms with Gasteiger partial charge in [0.15, 0.2) is 0 Å². The summed E-state index contributed by atoms with van der Waals surface area (Å²) >= 11 is 0. The number of aliphatic hydroxyl groups is 1. The van der Waals surface area contributed by atoms with Gasteiger partial charge in [-0.05, 0) is 39.3 Å². The average molecular weight is 345 g/mol. The van der Waals surface area contributed by atoms with E-state index in [-0.39, 0.29) is 13.0 Å². The van der Waals surface area contributed by atoms with Gasteiger partial charge in [0, 0.05) is 0 Å². The maximum absolute atomic E-state index is 11.7. The van der Waals surface area contributed by atoms with Crippen LogP contribution in [0.5, 0.6) is 5.75 Å². The molecule has 0 aliphatic rings. The van der Waals surface area contributed by atoms with Crippen LogP contribution >= 0.6 is 0 Å². The fourth-order valence-corrected chi connectivity index (χ4v) is 2.54. The molecule has 0 aliphatic heterocycles. The fraction of sp³-hybridized carbons (Fsp3) is 0.533. The van der Waals surface area contributed by atoms with Crippen LogP contribution in [-0.4, -0.2) is 43.7 Å². The Bertz CT molecular complexity index is 594. The first kappa shape index (κ1) is 19.2. The van der Waals surface area contributed by atoms with E-state index in [0.717, 1.165) is 0 Å². The van der Waals surface area contributed by atoms with Crippen molar-refractivity contribution in [1.29, 1.82) is 0 Å². The van der Waals surface area contributed by atoms with Crippen LogP contribution in [0, 0.1) is 0 Å². The Balaban J connectivity index is 2.36. The molecule has 0 saturated heterocycles. The standard InChI is InChI=1S/C15H23NO6S/c1-15(2,3)22-14(18)16-23(19,20)10-9-12(17)11-21-13-7-5-4-6-8-13/h4-8,12,17H,9-11H2,1-3H3,(H,16,18). The predicted molar refractivity (Wildman–Crippen MR) is 85.7 cm³/mol. The molecular formula is C15H23NO6S. The van der Waals surface area contributed by atoms with Gasteiger partial charge in [0.05, 0.1) is 11.9 Å². The van der Waals surface area contributed by atoms with Crippen LogP contribution in [0.3, 0.4) is 0 Å². The van der Waals surface area contributed by atoms with E-state index in [9.17, 15) is 18.3 Å². The number of rotatable bonds is 7. The van der Waals surface area contributed by atoms with Crippen LogP contribution in [0.25, 0.3) is 0 Å². The van der Waals surface area contributed by atoms with Crippen LogP contribution in [0.2, 0.25) is 0 Å². The van der Waals surface area contributed by atoms with Crippen molar-refractivity contribution in [3.63, 3.8) is 0 Å². The Labute approximate surface area is 136 Å². The summed E-state index contributed by atoms with van der Waals surface area (Å²) in [5.74, 6) is 0.173. The molecule has 0 bridgehead atoms. The van der Waals surface area contributed by atoms with Gasteiger partial charge < -0.3 is 14.6 Å². The molecule has 2 N–H and O–H groups in total. The van der Waals surface area contributed by atoms with Gasteiger partial charge in [0.25, 0.3) is 0 Å². The minimum absolute atomic E-state index is 0.0357. The third kappa shape index (κ3) is 9.04.